The number of allylic oxidation sites excluding steroid dienone is 1. The molecule has 0 bridgehead atoms. The number of fused-ring (bicyclic) bond motifs is 3. The Morgan fingerprint density at radius 3 is 2.64 bits per heavy atom. The van der Waals surface area contributed by atoms with Crippen molar-refractivity contribution in [2.24, 2.45) is 4.99 Å². The van der Waals surface area contributed by atoms with Crippen molar-refractivity contribution in [2.45, 2.75) is 39.7 Å². The van der Waals surface area contributed by atoms with Gasteiger partial charge in [-0.25, -0.2) is 4.79 Å². The minimum absolute atomic E-state index is 0.0489. The average Bonchev–Trinajstić information content (AvgIpc) is 2.84. The quantitative estimate of drug-likeness (QED) is 0.587. The van der Waals surface area contributed by atoms with Crippen molar-refractivity contribution >= 4 is 33.6 Å². The highest BCUT2D eigenvalue weighted by Gasteiger charge is 2.13. The molecule has 0 fully saturated rings. The lowest BCUT2D eigenvalue weighted by Crippen LogP contribution is -2.26. The van der Waals surface area contributed by atoms with Gasteiger partial charge in [-0.3, -0.25) is 0 Å². The number of rotatable bonds is 4. The van der Waals surface area contributed by atoms with Crippen molar-refractivity contribution in [3.05, 3.63) is 60.0 Å². The van der Waals surface area contributed by atoms with Gasteiger partial charge in [0.1, 0.15) is 6.61 Å². The topological polar surface area (TPSA) is 66.5 Å². The highest BCUT2D eigenvalue weighted by molar-refractivity contribution is 6.10. The number of H-pyrrole nitrogens is 1. The second kappa shape index (κ2) is 8.30. The second-order valence-corrected chi connectivity index (χ2v) is 7.72. The molecule has 0 saturated heterocycles. The normalized spacial score (nSPS) is 12.8. The van der Waals surface area contributed by atoms with E-state index in [0.29, 0.717) is 5.36 Å². The molecule has 3 rings (SSSR count). The Kier molecular flexibility index (Phi) is 5.83. The first-order valence-electron chi connectivity index (χ1n) is 9.57. The van der Waals surface area contributed by atoms with Gasteiger partial charge in [0.25, 0.3) is 0 Å². The first-order chi connectivity index (χ1) is 13.4. The largest absolute Gasteiger partial charge is 0.444 e. The van der Waals surface area contributed by atoms with E-state index in [-0.39, 0.29) is 12.1 Å². The number of para-hydroxylation sites is 1. The zero-order valence-corrected chi connectivity index (χ0v) is 16.9. The standard InChI is InChI=1S/C23H27N3O2/c1-5-6-7-14-28-22(27)24-16-10-8-11-17-18-12-9-13-19(26-23(2,3)4)21(18)25-20(17)15-16/h6-13,15,25-26H,5,14H2,1-4H3/b7-6+,24-16?. The summed E-state index contributed by atoms with van der Waals surface area (Å²) >= 11 is 0. The van der Waals surface area contributed by atoms with Crippen LogP contribution in [0.4, 0.5) is 10.5 Å². The van der Waals surface area contributed by atoms with Gasteiger partial charge in [-0.1, -0.05) is 43.3 Å². The Morgan fingerprint density at radius 1 is 1.14 bits per heavy atom. The molecule has 5 heteroatoms. The predicted molar refractivity (Wildman–Crippen MR) is 116 cm³/mol. The van der Waals surface area contributed by atoms with Crippen LogP contribution in [0.15, 0.2) is 59.6 Å². The molecule has 3 aromatic rings. The first kappa shape index (κ1) is 19.7. The van der Waals surface area contributed by atoms with Gasteiger partial charge in [-0.05, 0) is 45.4 Å². The number of aromatic nitrogens is 1. The highest BCUT2D eigenvalue weighted by atomic mass is 16.5. The van der Waals surface area contributed by atoms with E-state index in [1.54, 1.807) is 6.07 Å². The van der Waals surface area contributed by atoms with Crippen molar-refractivity contribution < 1.29 is 9.53 Å². The fraction of sp³-hybridized carbons (Fsp3) is 0.304. The molecule has 0 unspecified atom stereocenters. The molecular weight excluding hydrogens is 350 g/mol. The second-order valence-electron chi connectivity index (χ2n) is 7.72. The van der Waals surface area contributed by atoms with Crippen LogP contribution in [0.1, 0.15) is 34.1 Å². The lowest BCUT2D eigenvalue weighted by atomic mass is 10.1. The lowest BCUT2D eigenvalue weighted by Gasteiger charge is -2.22. The minimum atomic E-state index is -0.591. The van der Waals surface area contributed by atoms with Gasteiger partial charge in [0.2, 0.25) is 0 Å². The molecule has 146 valence electrons. The van der Waals surface area contributed by atoms with Crippen molar-refractivity contribution in [3.8, 4) is 0 Å². The Labute approximate surface area is 165 Å². The molecule has 0 radical (unpaired) electrons. The Morgan fingerprint density at radius 2 is 1.89 bits per heavy atom. The van der Waals surface area contributed by atoms with E-state index in [0.717, 1.165) is 33.9 Å². The van der Waals surface area contributed by atoms with Crippen LogP contribution in [-0.2, 0) is 4.74 Å². The molecule has 0 aliphatic carbocycles. The zero-order chi connectivity index (χ0) is 20.1. The number of carbonyl (C=O) groups excluding carboxylic acids is 1. The Balaban J connectivity index is 2.01. The van der Waals surface area contributed by atoms with Crippen molar-refractivity contribution in [2.75, 3.05) is 11.9 Å². The van der Waals surface area contributed by atoms with Gasteiger partial charge < -0.3 is 15.0 Å². The predicted octanol–water partition coefficient (Wildman–Crippen LogP) is 5.54. The van der Waals surface area contributed by atoms with Crippen LogP contribution < -0.4 is 10.7 Å². The van der Waals surface area contributed by atoms with E-state index in [4.69, 9.17) is 4.74 Å². The Bertz CT molecular complexity index is 1090. The van der Waals surface area contributed by atoms with E-state index in [1.165, 1.54) is 0 Å². The Hall–Kier alpha value is -3.08. The number of carbonyl (C=O) groups is 1. The zero-order valence-electron chi connectivity index (χ0n) is 16.9. The van der Waals surface area contributed by atoms with Crippen LogP contribution in [0.25, 0.3) is 21.8 Å². The summed E-state index contributed by atoms with van der Waals surface area (Å²) in [6.45, 7) is 8.66. The summed E-state index contributed by atoms with van der Waals surface area (Å²) in [5, 5.41) is 6.29. The SMILES string of the molecule is CC/C=C/COC(=O)N=c1cccc2c(c1)[nH]c1c(NC(C)(C)C)cccc12. The van der Waals surface area contributed by atoms with Gasteiger partial charge in [0, 0.05) is 21.8 Å². The third-order valence-corrected chi connectivity index (χ3v) is 4.16. The summed E-state index contributed by atoms with van der Waals surface area (Å²) in [6, 6.07) is 13.8. The van der Waals surface area contributed by atoms with Crippen molar-refractivity contribution in [3.63, 3.8) is 0 Å². The number of nitrogens with one attached hydrogen (secondary N) is 2. The van der Waals surface area contributed by atoms with Gasteiger partial charge in [-0.2, -0.15) is 4.99 Å². The summed E-state index contributed by atoms with van der Waals surface area (Å²) in [5.74, 6) is 0. The third-order valence-electron chi connectivity index (χ3n) is 4.16. The van der Waals surface area contributed by atoms with Crippen molar-refractivity contribution in [1.82, 2.24) is 4.98 Å². The number of hydrogen-bond acceptors (Lipinski definition) is 3. The summed E-state index contributed by atoms with van der Waals surface area (Å²) in [6.07, 6.45) is 4.09. The molecule has 0 aliphatic heterocycles. The summed E-state index contributed by atoms with van der Waals surface area (Å²) in [4.78, 5) is 19.5. The highest BCUT2D eigenvalue weighted by Crippen LogP contribution is 2.30. The smallest absolute Gasteiger partial charge is 0.434 e. The number of ether oxygens (including phenoxy) is 1. The van der Waals surface area contributed by atoms with Crippen LogP contribution >= 0.6 is 0 Å². The minimum Gasteiger partial charge on any atom is -0.444 e. The molecule has 2 N–H and O–H groups in total. The van der Waals surface area contributed by atoms with E-state index in [2.05, 4.69) is 48.2 Å². The van der Waals surface area contributed by atoms with Crippen molar-refractivity contribution in [1.29, 1.82) is 0 Å². The molecule has 28 heavy (non-hydrogen) atoms. The molecule has 1 heterocycles. The molecule has 5 nitrogen and oxygen atoms in total. The molecule has 0 atom stereocenters. The number of anilines is 1. The number of amides is 1. The molecule has 0 aliphatic rings. The fourth-order valence-electron chi connectivity index (χ4n) is 3.06. The summed E-state index contributed by atoms with van der Waals surface area (Å²) < 4.78 is 5.11. The molecular formula is C23H27N3O2. The first-order valence-corrected chi connectivity index (χ1v) is 9.57. The number of aromatic amines is 1. The maximum Gasteiger partial charge on any atom is 0.434 e. The van der Waals surface area contributed by atoms with Gasteiger partial charge in [-0.15, -0.1) is 0 Å². The number of nitrogens with zero attached hydrogens (tertiary/aromatic N) is 1. The van der Waals surface area contributed by atoms with E-state index in [9.17, 15) is 4.79 Å². The third kappa shape index (κ3) is 4.80. The van der Waals surface area contributed by atoms with Gasteiger partial charge in [0.05, 0.1) is 16.6 Å². The van der Waals surface area contributed by atoms with Crippen LogP contribution in [0.3, 0.4) is 0 Å². The molecule has 1 aromatic heterocycles. The van der Waals surface area contributed by atoms with Gasteiger partial charge in [0.15, 0.2) is 0 Å². The molecule has 0 spiro atoms. The maximum atomic E-state index is 12.0. The van der Waals surface area contributed by atoms with E-state index < -0.39 is 6.09 Å². The summed E-state index contributed by atoms with van der Waals surface area (Å²) in [5.41, 5.74) is 2.95. The fourth-order valence-corrected chi connectivity index (χ4v) is 3.06. The van der Waals surface area contributed by atoms with Gasteiger partial charge >= 0.3 is 6.09 Å². The van der Waals surface area contributed by atoms with Crippen LogP contribution in [0.2, 0.25) is 0 Å². The maximum absolute atomic E-state index is 12.0. The molecule has 0 saturated carbocycles. The molecule has 2 aromatic carbocycles. The molecule has 1 amide bonds. The van der Waals surface area contributed by atoms with Crippen LogP contribution in [-0.4, -0.2) is 23.2 Å². The van der Waals surface area contributed by atoms with Crippen LogP contribution in [0, 0.1) is 0 Å². The van der Waals surface area contributed by atoms with E-state index >= 15 is 0 Å². The number of hydrogen-bond donors (Lipinski definition) is 2. The average molecular weight is 377 g/mol. The van der Waals surface area contributed by atoms with Crippen LogP contribution in [0.5, 0.6) is 0 Å². The van der Waals surface area contributed by atoms with E-state index in [1.807, 2.05) is 43.3 Å². The monoisotopic (exact) mass is 377 g/mol. The number of benzene rings is 1. The summed E-state index contributed by atoms with van der Waals surface area (Å²) in [7, 11) is 0. The lowest BCUT2D eigenvalue weighted by molar-refractivity contribution is 0.168.